The van der Waals surface area contributed by atoms with Crippen LogP contribution in [0.4, 0.5) is 0 Å². The Labute approximate surface area is 113 Å². The highest BCUT2D eigenvalue weighted by atomic mass is 16.3. The first-order valence-corrected chi connectivity index (χ1v) is 7.88. The van der Waals surface area contributed by atoms with Gasteiger partial charge in [0.05, 0.1) is 5.60 Å². The Morgan fingerprint density at radius 3 is 2.33 bits per heavy atom. The number of aliphatic hydroxyl groups is 1. The van der Waals surface area contributed by atoms with Crippen LogP contribution in [0.25, 0.3) is 0 Å². The molecule has 2 rings (SSSR count). The maximum absolute atomic E-state index is 10.6. The summed E-state index contributed by atoms with van der Waals surface area (Å²) in [6, 6.07) is 0.661. The fourth-order valence-corrected chi connectivity index (χ4v) is 3.53. The van der Waals surface area contributed by atoms with E-state index in [0.717, 1.165) is 38.1 Å². The molecule has 0 aromatic carbocycles. The van der Waals surface area contributed by atoms with Crippen molar-refractivity contribution in [2.24, 2.45) is 11.3 Å². The molecule has 0 aromatic heterocycles. The molecule has 2 nitrogen and oxygen atoms in total. The van der Waals surface area contributed by atoms with E-state index in [0.29, 0.717) is 11.5 Å². The molecular weight excluding hydrogens is 222 g/mol. The van der Waals surface area contributed by atoms with E-state index in [2.05, 4.69) is 26.1 Å². The molecule has 2 aliphatic carbocycles. The molecular formula is C16H31NO. The lowest BCUT2D eigenvalue weighted by Gasteiger charge is -2.40. The topological polar surface area (TPSA) is 32.3 Å². The molecule has 2 atom stereocenters. The fraction of sp³-hybridized carbons (Fsp3) is 1.00. The third-order valence-corrected chi connectivity index (χ3v) is 5.37. The van der Waals surface area contributed by atoms with Gasteiger partial charge in [-0.05, 0) is 56.3 Å². The molecule has 0 aliphatic heterocycles. The molecule has 106 valence electrons. The van der Waals surface area contributed by atoms with Gasteiger partial charge in [0.2, 0.25) is 0 Å². The Morgan fingerprint density at radius 1 is 1.11 bits per heavy atom. The number of hydrogen-bond acceptors (Lipinski definition) is 2. The highest BCUT2D eigenvalue weighted by Crippen LogP contribution is 2.40. The van der Waals surface area contributed by atoms with E-state index in [4.69, 9.17) is 0 Å². The van der Waals surface area contributed by atoms with Gasteiger partial charge in [-0.1, -0.05) is 27.2 Å². The molecule has 2 saturated carbocycles. The van der Waals surface area contributed by atoms with Gasteiger partial charge in [0.15, 0.2) is 0 Å². The molecule has 0 radical (unpaired) electrons. The van der Waals surface area contributed by atoms with Gasteiger partial charge in [0.1, 0.15) is 0 Å². The zero-order chi connectivity index (χ0) is 13.2. The quantitative estimate of drug-likeness (QED) is 0.804. The normalized spacial score (nSPS) is 34.7. The van der Waals surface area contributed by atoms with Crippen molar-refractivity contribution in [3.05, 3.63) is 0 Å². The maximum atomic E-state index is 10.6. The zero-order valence-corrected chi connectivity index (χ0v) is 12.5. The van der Waals surface area contributed by atoms with Gasteiger partial charge < -0.3 is 10.4 Å². The smallest absolute Gasteiger partial charge is 0.0772 e. The van der Waals surface area contributed by atoms with Crippen LogP contribution in [0.2, 0.25) is 0 Å². The molecule has 18 heavy (non-hydrogen) atoms. The Hall–Kier alpha value is -0.0800. The number of hydrogen-bond donors (Lipinski definition) is 2. The van der Waals surface area contributed by atoms with Crippen molar-refractivity contribution in [3.63, 3.8) is 0 Å². The van der Waals surface area contributed by atoms with E-state index >= 15 is 0 Å². The molecule has 0 saturated heterocycles. The van der Waals surface area contributed by atoms with Crippen LogP contribution < -0.4 is 5.32 Å². The average Bonchev–Trinajstić information content (AvgIpc) is 2.79. The van der Waals surface area contributed by atoms with Crippen molar-refractivity contribution < 1.29 is 5.11 Å². The van der Waals surface area contributed by atoms with Gasteiger partial charge in [0, 0.05) is 12.6 Å². The predicted octanol–water partition coefficient (Wildman–Crippen LogP) is 3.49. The van der Waals surface area contributed by atoms with E-state index in [-0.39, 0.29) is 0 Å². The highest BCUT2D eigenvalue weighted by Gasteiger charge is 2.37. The fourth-order valence-electron chi connectivity index (χ4n) is 3.53. The lowest BCUT2D eigenvalue weighted by atomic mass is 9.71. The molecule has 0 bridgehead atoms. The summed E-state index contributed by atoms with van der Waals surface area (Å²) in [6.07, 6.45) is 9.57. The van der Waals surface area contributed by atoms with Gasteiger partial charge in [-0.3, -0.25) is 0 Å². The minimum Gasteiger partial charge on any atom is -0.389 e. The monoisotopic (exact) mass is 253 g/mol. The summed E-state index contributed by atoms with van der Waals surface area (Å²) in [5, 5.41) is 14.3. The second kappa shape index (κ2) is 5.50. The highest BCUT2D eigenvalue weighted by molar-refractivity contribution is 4.92. The average molecular weight is 253 g/mol. The summed E-state index contributed by atoms with van der Waals surface area (Å²) >= 11 is 0. The van der Waals surface area contributed by atoms with Crippen LogP contribution in [0.1, 0.15) is 72.1 Å². The molecule has 0 heterocycles. The number of nitrogens with one attached hydrogen (secondary N) is 1. The van der Waals surface area contributed by atoms with E-state index in [1.54, 1.807) is 0 Å². The summed E-state index contributed by atoms with van der Waals surface area (Å²) in [5.41, 5.74) is 0.00666. The van der Waals surface area contributed by atoms with Crippen molar-refractivity contribution in [2.75, 3.05) is 6.54 Å². The van der Waals surface area contributed by atoms with E-state index in [9.17, 15) is 5.11 Å². The number of rotatable bonds is 4. The Morgan fingerprint density at radius 2 is 1.78 bits per heavy atom. The second-order valence-corrected chi connectivity index (χ2v) is 7.55. The molecule has 0 amide bonds. The minimum absolute atomic E-state index is 0.431. The molecule has 0 spiro atoms. The minimum atomic E-state index is -0.431. The summed E-state index contributed by atoms with van der Waals surface area (Å²) < 4.78 is 0. The predicted molar refractivity (Wildman–Crippen MR) is 76.6 cm³/mol. The lowest BCUT2D eigenvalue weighted by Crippen LogP contribution is -2.47. The van der Waals surface area contributed by atoms with Gasteiger partial charge >= 0.3 is 0 Å². The molecule has 2 fully saturated rings. The third kappa shape index (κ3) is 3.71. The summed E-state index contributed by atoms with van der Waals surface area (Å²) in [5.74, 6) is 0.919. The van der Waals surface area contributed by atoms with Gasteiger partial charge in [-0.25, -0.2) is 0 Å². The summed E-state index contributed by atoms with van der Waals surface area (Å²) in [6.45, 7) is 7.75. The van der Waals surface area contributed by atoms with Crippen LogP contribution in [0.5, 0.6) is 0 Å². The largest absolute Gasteiger partial charge is 0.389 e. The Kier molecular flexibility index (Phi) is 4.38. The van der Waals surface area contributed by atoms with Crippen LogP contribution in [0.15, 0.2) is 0 Å². The Balaban J connectivity index is 1.73. The molecule has 2 N–H and O–H groups in total. The van der Waals surface area contributed by atoms with Gasteiger partial charge in [-0.15, -0.1) is 0 Å². The van der Waals surface area contributed by atoms with Crippen LogP contribution in [-0.2, 0) is 0 Å². The zero-order valence-electron chi connectivity index (χ0n) is 12.5. The third-order valence-electron chi connectivity index (χ3n) is 5.37. The lowest BCUT2D eigenvalue weighted by molar-refractivity contribution is -0.0260. The first-order valence-electron chi connectivity index (χ1n) is 7.88. The van der Waals surface area contributed by atoms with E-state index in [1.165, 1.54) is 25.7 Å². The van der Waals surface area contributed by atoms with Crippen LogP contribution in [0, 0.1) is 11.3 Å². The van der Waals surface area contributed by atoms with Crippen molar-refractivity contribution >= 4 is 0 Å². The van der Waals surface area contributed by atoms with Crippen molar-refractivity contribution in [2.45, 2.75) is 83.8 Å². The van der Waals surface area contributed by atoms with Gasteiger partial charge in [0.25, 0.3) is 0 Å². The molecule has 2 unspecified atom stereocenters. The first kappa shape index (κ1) is 14.3. The van der Waals surface area contributed by atoms with Crippen molar-refractivity contribution in [1.29, 1.82) is 0 Å². The second-order valence-electron chi connectivity index (χ2n) is 7.55. The SMILES string of the molecule is CCC1CCC(NCC2(O)CCC(C)(C)CC2)C1. The van der Waals surface area contributed by atoms with Gasteiger partial charge in [-0.2, -0.15) is 0 Å². The summed E-state index contributed by atoms with van der Waals surface area (Å²) in [4.78, 5) is 0. The molecule has 2 aliphatic rings. The van der Waals surface area contributed by atoms with Crippen LogP contribution in [0.3, 0.4) is 0 Å². The van der Waals surface area contributed by atoms with Crippen molar-refractivity contribution in [3.8, 4) is 0 Å². The van der Waals surface area contributed by atoms with Crippen molar-refractivity contribution in [1.82, 2.24) is 5.32 Å². The van der Waals surface area contributed by atoms with Crippen LogP contribution in [-0.4, -0.2) is 23.3 Å². The Bertz CT molecular complexity index is 264. The molecule has 0 aromatic rings. The van der Waals surface area contributed by atoms with Crippen LogP contribution >= 0.6 is 0 Å². The standard InChI is InChI=1S/C16H31NO/c1-4-13-5-6-14(11-13)17-12-16(18)9-7-15(2,3)8-10-16/h13-14,17-18H,4-12H2,1-3H3. The summed E-state index contributed by atoms with van der Waals surface area (Å²) in [7, 11) is 0. The maximum Gasteiger partial charge on any atom is 0.0772 e. The van der Waals surface area contributed by atoms with E-state index < -0.39 is 5.60 Å². The van der Waals surface area contributed by atoms with E-state index in [1.807, 2.05) is 0 Å². The first-order chi connectivity index (χ1) is 8.42. The molecule has 2 heteroatoms.